The predicted molar refractivity (Wildman–Crippen MR) is 73.2 cm³/mol. The zero-order valence-corrected chi connectivity index (χ0v) is 12.0. The Morgan fingerprint density at radius 3 is 2.80 bits per heavy atom. The van der Waals surface area contributed by atoms with E-state index in [1.54, 1.807) is 0 Å². The number of aliphatic hydroxyl groups is 1. The molecule has 0 saturated carbocycles. The lowest BCUT2D eigenvalue weighted by atomic mass is 10.2. The molecule has 3 rings (SSSR count). The predicted octanol–water partition coefficient (Wildman–Crippen LogP) is 0.590. The van der Waals surface area contributed by atoms with Crippen molar-refractivity contribution >= 4 is 33.2 Å². The molecule has 1 aromatic rings. The van der Waals surface area contributed by atoms with E-state index in [-0.39, 0.29) is 35.3 Å². The quantitative estimate of drug-likeness (QED) is 0.836. The average molecular weight is 317 g/mol. The third-order valence-corrected chi connectivity index (χ3v) is 5.86. The smallest absolute Gasteiger partial charge is 0.244 e. The van der Waals surface area contributed by atoms with E-state index in [1.165, 1.54) is 16.4 Å². The summed E-state index contributed by atoms with van der Waals surface area (Å²) in [6, 6.07) is 2.90. The number of hydrogen-bond acceptors (Lipinski definition) is 4. The van der Waals surface area contributed by atoms with Gasteiger partial charge in [-0.25, -0.2) is 8.42 Å². The highest BCUT2D eigenvalue weighted by Gasteiger charge is 2.34. The Morgan fingerprint density at radius 1 is 1.40 bits per heavy atom. The molecule has 2 heterocycles. The van der Waals surface area contributed by atoms with E-state index in [0.717, 1.165) is 0 Å². The molecular formula is C12H13ClN2O4S. The van der Waals surface area contributed by atoms with Crippen LogP contribution in [-0.2, 0) is 21.2 Å². The van der Waals surface area contributed by atoms with Crippen LogP contribution in [0.2, 0.25) is 5.02 Å². The van der Waals surface area contributed by atoms with Gasteiger partial charge in [0, 0.05) is 18.8 Å². The van der Waals surface area contributed by atoms with Crippen LogP contribution in [0, 0.1) is 0 Å². The maximum absolute atomic E-state index is 12.5. The van der Waals surface area contributed by atoms with E-state index in [1.807, 2.05) is 0 Å². The molecule has 0 radical (unpaired) electrons. The number of amides is 1. The van der Waals surface area contributed by atoms with Crippen LogP contribution in [0.15, 0.2) is 17.0 Å². The van der Waals surface area contributed by atoms with E-state index >= 15 is 0 Å². The molecule has 1 amide bonds. The number of β-amino-alcohol motifs (C(OH)–C–C–N with tert-alkyl or cyclic N) is 1. The monoisotopic (exact) mass is 316 g/mol. The SMILES string of the molecule is O=C1Cc2cc(S(=O)(=O)N3CCC(O)C3)c(Cl)cc2N1. The van der Waals surface area contributed by atoms with Crippen LogP contribution >= 0.6 is 11.6 Å². The van der Waals surface area contributed by atoms with Gasteiger partial charge >= 0.3 is 0 Å². The van der Waals surface area contributed by atoms with Crippen LogP contribution in [0.25, 0.3) is 0 Å². The number of anilines is 1. The van der Waals surface area contributed by atoms with E-state index in [4.69, 9.17) is 11.6 Å². The molecule has 1 unspecified atom stereocenters. The van der Waals surface area contributed by atoms with Gasteiger partial charge in [0.05, 0.1) is 17.5 Å². The topological polar surface area (TPSA) is 86.7 Å². The van der Waals surface area contributed by atoms with Crippen molar-refractivity contribution in [3.05, 3.63) is 22.7 Å². The summed E-state index contributed by atoms with van der Waals surface area (Å²) in [4.78, 5) is 11.3. The maximum atomic E-state index is 12.5. The normalized spacial score (nSPS) is 22.9. The van der Waals surface area contributed by atoms with Crippen LogP contribution in [-0.4, -0.2) is 42.9 Å². The minimum atomic E-state index is -3.74. The second kappa shape index (κ2) is 4.70. The number of halogens is 1. The first-order valence-electron chi connectivity index (χ1n) is 6.18. The van der Waals surface area contributed by atoms with Crippen molar-refractivity contribution in [1.82, 2.24) is 4.31 Å². The molecule has 0 aromatic heterocycles. The van der Waals surface area contributed by atoms with Crippen LogP contribution in [0.4, 0.5) is 5.69 Å². The van der Waals surface area contributed by atoms with E-state index < -0.39 is 16.1 Å². The average Bonchev–Trinajstić information content (AvgIpc) is 2.93. The first-order chi connectivity index (χ1) is 9.38. The van der Waals surface area contributed by atoms with Gasteiger partial charge in [-0.15, -0.1) is 0 Å². The Kier molecular flexibility index (Phi) is 3.24. The number of carbonyl (C=O) groups excluding carboxylic acids is 1. The van der Waals surface area contributed by atoms with E-state index in [0.29, 0.717) is 17.7 Å². The molecule has 1 aromatic carbocycles. The summed E-state index contributed by atoms with van der Waals surface area (Å²) in [6.07, 6.45) is -0.0688. The molecule has 0 spiro atoms. The van der Waals surface area contributed by atoms with Gasteiger partial charge < -0.3 is 10.4 Å². The fourth-order valence-corrected chi connectivity index (χ4v) is 4.54. The lowest BCUT2D eigenvalue weighted by molar-refractivity contribution is -0.115. The minimum Gasteiger partial charge on any atom is -0.392 e. The van der Waals surface area contributed by atoms with Crippen molar-refractivity contribution < 1.29 is 18.3 Å². The molecule has 0 bridgehead atoms. The molecule has 8 heteroatoms. The van der Waals surface area contributed by atoms with Crippen LogP contribution in [0.3, 0.4) is 0 Å². The molecule has 1 saturated heterocycles. The molecule has 2 aliphatic rings. The van der Waals surface area contributed by atoms with Crippen molar-refractivity contribution in [3.8, 4) is 0 Å². The summed E-state index contributed by atoms with van der Waals surface area (Å²) in [6.45, 7) is 0.348. The molecule has 1 fully saturated rings. The number of carbonyl (C=O) groups is 1. The maximum Gasteiger partial charge on any atom is 0.244 e. The molecule has 2 N–H and O–H groups in total. The molecule has 2 aliphatic heterocycles. The number of aliphatic hydroxyl groups excluding tert-OH is 1. The first-order valence-corrected chi connectivity index (χ1v) is 8.00. The summed E-state index contributed by atoms with van der Waals surface area (Å²) in [5, 5.41) is 12.2. The lowest BCUT2D eigenvalue weighted by Gasteiger charge is -2.17. The number of hydrogen-bond donors (Lipinski definition) is 2. The van der Waals surface area contributed by atoms with Gasteiger partial charge in [-0.1, -0.05) is 11.6 Å². The molecule has 0 aliphatic carbocycles. The minimum absolute atomic E-state index is 0.0106. The first kappa shape index (κ1) is 13.8. The van der Waals surface area contributed by atoms with Crippen molar-refractivity contribution in [2.24, 2.45) is 0 Å². The Balaban J connectivity index is 2.02. The van der Waals surface area contributed by atoms with Gasteiger partial charge in [-0.05, 0) is 24.1 Å². The summed E-state index contributed by atoms with van der Waals surface area (Å²) in [5.41, 5.74) is 1.18. The largest absolute Gasteiger partial charge is 0.392 e. The van der Waals surface area contributed by atoms with Crippen LogP contribution in [0.5, 0.6) is 0 Å². The van der Waals surface area contributed by atoms with Crippen LogP contribution in [0.1, 0.15) is 12.0 Å². The Bertz CT molecular complexity index is 689. The van der Waals surface area contributed by atoms with E-state index in [9.17, 15) is 18.3 Å². The van der Waals surface area contributed by atoms with Gasteiger partial charge in [0.15, 0.2) is 0 Å². The summed E-state index contributed by atoms with van der Waals surface area (Å²) < 4.78 is 26.2. The summed E-state index contributed by atoms with van der Waals surface area (Å²) >= 11 is 6.04. The number of nitrogens with zero attached hydrogens (tertiary/aromatic N) is 1. The third kappa shape index (κ3) is 2.20. The highest BCUT2D eigenvalue weighted by Crippen LogP contribution is 2.34. The molecule has 1 atom stereocenters. The van der Waals surface area contributed by atoms with Gasteiger partial charge in [0.2, 0.25) is 15.9 Å². The highest BCUT2D eigenvalue weighted by molar-refractivity contribution is 7.89. The molecule has 20 heavy (non-hydrogen) atoms. The molecule has 6 nitrogen and oxygen atoms in total. The zero-order valence-electron chi connectivity index (χ0n) is 10.5. The van der Waals surface area contributed by atoms with Crippen molar-refractivity contribution in [1.29, 1.82) is 0 Å². The van der Waals surface area contributed by atoms with Gasteiger partial charge in [-0.3, -0.25) is 4.79 Å². The number of fused-ring (bicyclic) bond motifs is 1. The number of sulfonamides is 1. The van der Waals surface area contributed by atoms with E-state index in [2.05, 4.69) is 5.32 Å². The number of rotatable bonds is 2. The Labute approximate surface area is 121 Å². The van der Waals surface area contributed by atoms with Gasteiger partial charge in [-0.2, -0.15) is 4.31 Å². The Morgan fingerprint density at radius 2 is 2.15 bits per heavy atom. The van der Waals surface area contributed by atoms with Gasteiger partial charge in [0.25, 0.3) is 0 Å². The summed E-state index contributed by atoms with van der Waals surface area (Å²) in [7, 11) is -3.74. The Hall–Kier alpha value is -1.15. The second-order valence-corrected chi connectivity index (χ2v) is 7.28. The fourth-order valence-electron chi connectivity index (χ4n) is 2.49. The third-order valence-electron chi connectivity index (χ3n) is 3.53. The number of nitrogens with one attached hydrogen (secondary N) is 1. The second-order valence-electron chi connectivity index (χ2n) is 4.97. The molecular weight excluding hydrogens is 304 g/mol. The number of benzene rings is 1. The van der Waals surface area contributed by atoms with Gasteiger partial charge in [0.1, 0.15) is 4.90 Å². The van der Waals surface area contributed by atoms with Crippen molar-refractivity contribution in [2.75, 3.05) is 18.4 Å². The van der Waals surface area contributed by atoms with Crippen molar-refractivity contribution in [3.63, 3.8) is 0 Å². The standard InChI is InChI=1S/C12H13ClN2O4S/c13-9-5-10-7(4-12(17)14-10)3-11(9)20(18,19)15-2-1-8(16)6-15/h3,5,8,16H,1-2,4,6H2,(H,14,17). The summed E-state index contributed by atoms with van der Waals surface area (Å²) in [5.74, 6) is -0.179. The van der Waals surface area contributed by atoms with Crippen molar-refractivity contribution in [2.45, 2.75) is 23.8 Å². The molecule has 108 valence electrons. The van der Waals surface area contributed by atoms with Crippen LogP contribution < -0.4 is 5.32 Å². The lowest BCUT2D eigenvalue weighted by Crippen LogP contribution is -2.30. The zero-order chi connectivity index (χ0) is 14.5. The highest BCUT2D eigenvalue weighted by atomic mass is 35.5. The fraction of sp³-hybridized carbons (Fsp3) is 0.417.